The molecular formula is C17H20N2O. The number of para-hydroxylation sites is 1. The standard InChI is InChI=1S/C17H20N2O/c1-2-12-19(13-14-8-4-3-5-9-14)17(20)15-10-6-7-11-16(15)18/h3-11H,2,12-13,18H2,1H3. The molecule has 20 heavy (non-hydrogen) atoms. The van der Waals surface area contributed by atoms with Gasteiger partial charge in [-0.3, -0.25) is 4.79 Å². The van der Waals surface area contributed by atoms with E-state index in [1.807, 2.05) is 47.4 Å². The first-order valence-corrected chi connectivity index (χ1v) is 6.90. The number of hydrogen-bond donors (Lipinski definition) is 1. The van der Waals surface area contributed by atoms with Gasteiger partial charge in [0.2, 0.25) is 0 Å². The number of amides is 1. The summed E-state index contributed by atoms with van der Waals surface area (Å²) in [4.78, 5) is 14.5. The van der Waals surface area contributed by atoms with Crippen LogP contribution in [0.15, 0.2) is 54.6 Å². The predicted octanol–water partition coefficient (Wildman–Crippen LogP) is 3.32. The lowest BCUT2D eigenvalue weighted by molar-refractivity contribution is 0.0744. The second kappa shape index (κ2) is 6.75. The Balaban J connectivity index is 2.20. The first-order valence-electron chi connectivity index (χ1n) is 6.90. The quantitative estimate of drug-likeness (QED) is 0.845. The zero-order valence-corrected chi connectivity index (χ0v) is 11.8. The van der Waals surface area contributed by atoms with Crippen LogP contribution in [0.2, 0.25) is 0 Å². The highest BCUT2D eigenvalue weighted by molar-refractivity contribution is 5.99. The first-order chi connectivity index (χ1) is 9.72. The zero-order chi connectivity index (χ0) is 14.4. The van der Waals surface area contributed by atoms with Gasteiger partial charge in [0, 0.05) is 18.8 Å². The molecule has 3 nitrogen and oxygen atoms in total. The lowest BCUT2D eigenvalue weighted by Gasteiger charge is -2.23. The summed E-state index contributed by atoms with van der Waals surface area (Å²) in [6, 6.07) is 17.2. The molecule has 0 aromatic heterocycles. The molecule has 2 aromatic rings. The Labute approximate surface area is 120 Å². The molecule has 0 aliphatic rings. The number of carbonyl (C=O) groups is 1. The average Bonchev–Trinajstić information content (AvgIpc) is 2.48. The summed E-state index contributed by atoms with van der Waals surface area (Å²) >= 11 is 0. The number of anilines is 1. The van der Waals surface area contributed by atoms with Crippen molar-refractivity contribution in [3.63, 3.8) is 0 Å². The van der Waals surface area contributed by atoms with Crippen molar-refractivity contribution >= 4 is 11.6 Å². The summed E-state index contributed by atoms with van der Waals surface area (Å²) < 4.78 is 0. The van der Waals surface area contributed by atoms with Crippen LogP contribution < -0.4 is 5.73 Å². The molecule has 0 radical (unpaired) electrons. The second-order valence-electron chi connectivity index (χ2n) is 4.80. The fourth-order valence-electron chi connectivity index (χ4n) is 2.19. The third-order valence-electron chi connectivity index (χ3n) is 3.19. The smallest absolute Gasteiger partial charge is 0.256 e. The maximum atomic E-state index is 12.6. The largest absolute Gasteiger partial charge is 0.398 e. The summed E-state index contributed by atoms with van der Waals surface area (Å²) in [5.41, 5.74) is 8.14. The van der Waals surface area contributed by atoms with Crippen molar-refractivity contribution in [3.8, 4) is 0 Å². The maximum absolute atomic E-state index is 12.6. The topological polar surface area (TPSA) is 46.3 Å². The molecule has 104 valence electrons. The number of hydrogen-bond acceptors (Lipinski definition) is 2. The zero-order valence-electron chi connectivity index (χ0n) is 11.8. The summed E-state index contributed by atoms with van der Waals surface area (Å²) in [5.74, 6) is -0.00574. The Kier molecular flexibility index (Phi) is 4.77. The van der Waals surface area contributed by atoms with Crippen molar-refractivity contribution in [1.29, 1.82) is 0 Å². The molecule has 0 atom stereocenters. The van der Waals surface area contributed by atoms with Crippen LogP contribution in [0.4, 0.5) is 5.69 Å². The fraction of sp³-hybridized carbons (Fsp3) is 0.235. The lowest BCUT2D eigenvalue weighted by Crippen LogP contribution is -2.31. The van der Waals surface area contributed by atoms with E-state index in [1.165, 1.54) is 0 Å². The van der Waals surface area contributed by atoms with E-state index in [1.54, 1.807) is 12.1 Å². The van der Waals surface area contributed by atoms with E-state index < -0.39 is 0 Å². The van der Waals surface area contributed by atoms with Gasteiger partial charge in [0.15, 0.2) is 0 Å². The van der Waals surface area contributed by atoms with Crippen LogP contribution in [0.25, 0.3) is 0 Å². The van der Waals surface area contributed by atoms with Gasteiger partial charge in [0.1, 0.15) is 0 Å². The van der Waals surface area contributed by atoms with Gasteiger partial charge in [-0.1, -0.05) is 49.4 Å². The highest BCUT2D eigenvalue weighted by Gasteiger charge is 2.17. The number of nitrogens with two attached hydrogens (primary N) is 1. The van der Waals surface area contributed by atoms with Gasteiger partial charge in [-0.15, -0.1) is 0 Å². The minimum atomic E-state index is -0.00574. The Hall–Kier alpha value is -2.29. The molecule has 0 spiro atoms. The molecule has 2 N–H and O–H groups in total. The van der Waals surface area contributed by atoms with E-state index in [2.05, 4.69) is 6.92 Å². The molecule has 0 unspecified atom stereocenters. The molecule has 0 aliphatic heterocycles. The highest BCUT2D eigenvalue weighted by Crippen LogP contribution is 2.16. The van der Waals surface area contributed by atoms with Crippen molar-refractivity contribution < 1.29 is 4.79 Å². The second-order valence-corrected chi connectivity index (χ2v) is 4.80. The number of benzene rings is 2. The lowest BCUT2D eigenvalue weighted by atomic mass is 10.1. The SMILES string of the molecule is CCCN(Cc1ccccc1)C(=O)c1ccccc1N. The minimum Gasteiger partial charge on any atom is -0.398 e. The van der Waals surface area contributed by atoms with Crippen LogP contribution in [-0.4, -0.2) is 17.4 Å². The molecule has 0 saturated carbocycles. The van der Waals surface area contributed by atoms with Crippen LogP contribution in [-0.2, 0) is 6.54 Å². The summed E-state index contributed by atoms with van der Waals surface area (Å²) in [5, 5.41) is 0. The van der Waals surface area contributed by atoms with E-state index >= 15 is 0 Å². The summed E-state index contributed by atoms with van der Waals surface area (Å²) in [7, 11) is 0. The molecule has 2 aromatic carbocycles. The van der Waals surface area contributed by atoms with Crippen molar-refractivity contribution in [1.82, 2.24) is 4.90 Å². The van der Waals surface area contributed by atoms with Gasteiger partial charge >= 0.3 is 0 Å². The van der Waals surface area contributed by atoms with Crippen molar-refractivity contribution in [3.05, 3.63) is 65.7 Å². The molecule has 0 aliphatic carbocycles. The van der Waals surface area contributed by atoms with E-state index in [-0.39, 0.29) is 5.91 Å². The highest BCUT2D eigenvalue weighted by atomic mass is 16.2. The molecule has 0 heterocycles. The summed E-state index contributed by atoms with van der Waals surface area (Å²) in [6.07, 6.45) is 0.922. The third kappa shape index (κ3) is 3.38. The molecule has 2 rings (SSSR count). The normalized spacial score (nSPS) is 10.2. The van der Waals surface area contributed by atoms with Crippen LogP contribution in [0.3, 0.4) is 0 Å². The average molecular weight is 268 g/mol. The van der Waals surface area contributed by atoms with Gasteiger partial charge in [0.25, 0.3) is 5.91 Å². The van der Waals surface area contributed by atoms with Crippen molar-refractivity contribution in [2.24, 2.45) is 0 Å². The third-order valence-corrected chi connectivity index (χ3v) is 3.19. The van der Waals surface area contributed by atoms with Gasteiger partial charge in [-0.2, -0.15) is 0 Å². The van der Waals surface area contributed by atoms with Crippen molar-refractivity contribution in [2.75, 3.05) is 12.3 Å². The van der Waals surface area contributed by atoms with Crippen molar-refractivity contribution in [2.45, 2.75) is 19.9 Å². The molecular weight excluding hydrogens is 248 g/mol. The number of nitrogens with zero attached hydrogens (tertiary/aromatic N) is 1. The Morgan fingerprint density at radius 2 is 1.70 bits per heavy atom. The van der Waals surface area contributed by atoms with Crippen LogP contribution in [0.5, 0.6) is 0 Å². The number of nitrogen functional groups attached to an aromatic ring is 1. The van der Waals surface area contributed by atoms with Gasteiger partial charge in [0.05, 0.1) is 5.56 Å². The number of carbonyl (C=O) groups excluding carboxylic acids is 1. The van der Waals surface area contributed by atoms with Crippen LogP contribution in [0, 0.1) is 0 Å². The van der Waals surface area contributed by atoms with E-state index in [9.17, 15) is 4.79 Å². The minimum absolute atomic E-state index is 0.00574. The molecule has 1 amide bonds. The summed E-state index contributed by atoms with van der Waals surface area (Å²) in [6.45, 7) is 3.41. The maximum Gasteiger partial charge on any atom is 0.256 e. The first kappa shape index (κ1) is 14.1. The van der Waals surface area contributed by atoms with Gasteiger partial charge in [-0.05, 0) is 24.1 Å². The Bertz CT molecular complexity index is 566. The van der Waals surface area contributed by atoms with E-state index in [0.717, 1.165) is 18.5 Å². The van der Waals surface area contributed by atoms with Crippen LogP contribution >= 0.6 is 0 Å². The predicted molar refractivity (Wildman–Crippen MR) is 82.3 cm³/mol. The molecule has 3 heteroatoms. The van der Waals surface area contributed by atoms with Gasteiger partial charge < -0.3 is 10.6 Å². The molecule has 0 bridgehead atoms. The van der Waals surface area contributed by atoms with Gasteiger partial charge in [-0.25, -0.2) is 0 Å². The Morgan fingerprint density at radius 3 is 2.35 bits per heavy atom. The van der Waals surface area contributed by atoms with E-state index in [0.29, 0.717) is 17.8 Å². The molecule has 0 saturated heterocycles. The van der Waals surface area contributed by atoms with Crippen LogP contribution in [0.1, 0.15) is 29.3 Å². The van der Waals surface area contributed by atoms with E-state index in [4.69, 9.17) is 5.73 Å². The monoisotopic (exact) mass is 268 g/mol. The fourth-order valence-corrected chi connectivity index (χ4v) is 2.19. The Morgan fingerprint density at radius 1 is 1.05 bits per heavy atom. The molecule has 0 fully saturated rings. The number of rotatable bonds is 5.